The van der Waals surface area contributed by atoms with Gasteiger partial charge in [-0.3, -0.25) is 4.79 Å². The highest BCUT2D eigenvalue weighted by Crippen LogP contribution is 2.25. The van der Waals surface area contributed by atoms with E-state index in [1.165, 1.54) is 22.5 Å². The van der Waals surface area contributed by atoms with Gasteiger partial charge in [0.25, 0.3) is 5.91 Å². The van der Waals surface area contributed by atoms with Crippen LogP contribution in [-0.4, -0.2) is 44.9 Å². The molecule has 1 aliphatic rings. The van der Waals surface area contributed by atoms with Gasteiger partial charge in [-0.25, -0.2) is 8.42 Å². The first-order chi connectivity index (χ1) is 13.9. The van der Waals surface area contributed by atoms with Gasteiger partial charge in [0.2, 0.25) is 10.0 Å². The van der Waals surface area contributed by atoms with E-state index >= 15 is 0 Å². The van der Waals surface area contributed by atoms with Crippen molar-refractivity contribution in [3.63, 3.8) is 0 Å². The third kappa shape index (κ3) is 5.17. The summed E-state index contributed by atoms with van der Waals surface area (Å²) in [5, 5.41) is 3.21. The van der Waals surface area contributed by atoms with Crippen molar-refractivity contribution in [3.05, 3.63) is 64.7 Å². The minimum Gasteiger partial charge on any atom is -0.379 e. The predicted molar refractivity (Wildman–Crippen MR) is 113 cm³/mol. The maximum Gasteiger partial charge on any atom is 0.253 e. The Balaban J connectivity index is 1.86. The zero-order chi connectivity index (χ0) is 20.9. The van der Waals surface area contributed by atoms with E-state index < -0.39 is 15.9 Å². The summed E-state index contributed by atoms with van der Waals surface area (Å²) in [5.41, 5.74) is 1.15. The monoisotopic (exact) mass is 436 g/mol. The maximum atomic E-state index is 13.0. The van der Waals surface area contributed by atoms with Crippen molar-refractivity contribution in [2.24, 2.45) is 0 Å². The molecule has 2 aromatic rings. The summed E-state index contributed by atoms with van der Waals surface area (Å²) >= 11 is 6.24. The van der Waals surface area contributed by atoms with Gasteiger partial charge in [-0.2, -0.15) is 4.31 Å². The number of amides is 1. The highest BCUT2D eigenvalue weighted by atomic mass is 35.5. The molecule has 1 amide bonds. The summed E-state index contributed by atoms with van der Waals surface area (Å²) in [5.74, 6) is -0.392. The van der Waals surface area contributed by atoms with Crippen LogP contribution >= 0.6 is 11.6 Å². The van der Waals surface area contributed by atoms with Crippen molar-refractivity contribution in [1.82, 2.24) is 9.62 Å². The Bertz CT molecular complexity index is 944. The van der Waals surface area contributed by atoms with Gasteiger partial charge in [-0.1, -0.05) is 55.3 Å². The topological polar surface area (TPSA) is 75.7 Å². The normalized spacial score (nSPS) is 16.3. The summed E-state index contributed by atoms with van der Waals surface area (Å²) in [6.07, 6.45) is 1.65. The number of carbonyl (C=O) groups is 1. The van der Waals surface area contributed by atoms with E-state index in [-0.39, 0.29) is 21.5 Å². The van der Waals surface area contributed by atoms with Crippen molar-refractivity contribution in [2.75, 3.05) is 26.3 Å². The smallest absolute Gasteiger partial charge is 0.253 e. The number of halogens is 1. The van der Waals surface area contributed by atoms with E-state index in [1.54, 1.807) is 0 Å². The zero-order valence-corrected chi connectivity index (χ0v) is 17.9. The molecule has 6 nitrogen and oxygen atoms in total. The van der Waals surface area contributed by atoms with Crippen LogP contribution in [0.3, 0.4) is 0 Å². The number of benzene rings is 2. The Labute approximate surface area is 176 Å². The van der Waals surface area contributed by atoms with E-state index in [1.807, 2.05) is 37.3 Å². The highest BCUT2D eigenvalue weighted by Gasteiger charge is 2.28. The molecule has 0 spiro atoms. The van der Waals surface area contributed by atoms with Crippen LogP contribution in [0.4, 0.5) is 0 Å². The van der Waals surface area contributed by atoms with Gasteiger partial charge in [-0.15, -0.1) is 0 Å². The number of rotatable bonds is 7. The van der Waals surface area contributed by atoms with Crippen molar-refractivity contribution < 1.29 is 17.9 Å². The maximum absolute atomic E-state index is 13.0. The van der Waals surface area contributed by atoms with E-state index in [4.69, 9.17) is 16.3 Å². The lowest BCUT2D eigenvalue weighted by atomic mass is 10.0. The number of carbonyl (C=O) groups excluding carboxylic acids is 1. The second-order valence-corrected chi connectivity index (χ2v) is 9.23. The molecule has 8 heteroatoms. The van der Waals surface area contributed by atoms with Crippen molar-refractivity contribution >= 4 is 27.5 Å². The molecule has 1 N–H and O–H groups in total. The Morgan fingerprint density at radius 1 is 1.17 bits per heavy atom. The highest BCUT2D eigenvalue weighted by molar-refractivity contribution is 7.89. The molecular weight excluding hydrogens is 412 g/mol. The molecule has 2 aromatic carbocycles. The average molecular weight is 437 g/mol. The average Bonchev–Trinajstić information content (AvgIpc) is 2.74. The number of sulfonamides is 1. The fourth-order valence-corrected chi connectivity index (χ4v) is 4.95. The van der Waals surface area contributed by atoms with Crippen LogP contribution in [0, 0.1) is 0 Å². The van der Waals surface area contributed by atoms with Crippen LogP contribution in [0.2, 0.25) is 5.02 Å². The molecule has 3 rings (SSSR count). The molecule has 1 unspecified atom stereocenters. The minimum atomic E-state index is -3.71. The van der Waals surface area contributed by atoms with E-state index in [0.717, 1.165) is 18.4 Å². The van der Waals surface area contributed by atoms with Crippen LogP contribution in [-0.2, 0) is 14.8 Å². The van der Waals surface area contributed by atoms with Gasteiger partial charge in [0.1, 0.15) is 0 Å². The van der Waals surface area contributed by atoms with Gasteiger partial charge >= 0.3 is 0 Å². The fourth-order valence-electron chi connectivity index (χ4n) is 3.31. The molecule has 0 radical (unpaired) electrons. The fraction of sp³-hybridized carbons (Fsp3) is 0.381. The van der Waals surface area contributed by atoms with Gasteiger partial charge in [-0.05, 0) is 30.2 Å². The number of hydrogen-bond donors (Lipinski definition) is 1. The van der Waals surface area contributed by atoms with Crippen molar-refractivity contribution in [2.45, 2.75) is 30.7 Å². The van der Waals surface area contributed by atoms with Gasteiger partial charge in [0, 0.05) is 13.1 Å². The quantitative estimate of drug-likeness (QED) is 0.719. The molecule has 0 aliphatic carbocycles. The molecule has 1 heterocycles. The molecule has 1 atom stereocenters. The van der Waals surface area contributed by atoms with Crippen LogP contribution in [0.15, 0.2) is 53.4 Å². The van der Waals surface area contributed by atoms with Crippen LogP contribution < -0.4 is 5.32 Å². The summed E-state index contributed by atoms with van der Waals surface area (Å²) in [6.45, 7) is 3.34. The first-order valence-electron chi connectivity index (χ1n) is 9.66. The number of nitrogens with zero attached hydrogens (tertiary/aromatic N) is 1. The first kappa shape index (κ1) is 21.8. The molecule has 29 heavy (non-hydrogen) atoms. The SMILES string of the molecule is CCCC(NC(=O)c1cc(S(=O)(=O)N2CCOCC2)ccc1Cl)c1ccccc1. The van der Waals surface area contributed by atoms with Crippen molar-refractivity contribution in [1.29, 1.82) is 0 Å². The van der Waals surface area contributed by atoms with Crippen LogP contribution in [0.5, 0.6) is 0 Å². The lowest BCUT2D eigenvalue weighted by molar-refractivity contribution is 0.0730. The Hall–Kier alpha value is -1.93. The number of morpholine rings is 1. The molecule has 1 saturated heterocycles. The van der Waals surface area contributed by atoms with Crippen molar-refractivity contribution in [3.8, 4) is 0 Å². The third-order valence-corrected chi connectivity index (χ3v) is 7.10. The summed E-state index contributed by atoms with van der Waals surface area (Å²) in [4.78, 5) is 13.0. The number of ether oxygens (including phenoxy) is 1. The number of hydrogen-bond acceptors (Lipinski definition) is 4. The Morgan fingerprint density at radius 3 is 2.52 bits per heavy atom. The predicted octanol–water partition coefficient (Wildman–Crippen LogP) is 3.63. The molecule has 0 saturated carbocycles. The molecule has 156 valence electrons. The zero-order valence-electron chi connectivity index (χ0n) is 16.3. The van der Waals surface area contributed by atoms with Gasteiger partial charge in [0.05, 0.1) is 34.7 Å². The second-order valence-electron chi connectivity index (χ2n) is 6.88. The molecule has 0 bridgehead atoms. The van der Waals surface area contributed by atoms with Gasteiger partial charge in [0.15, 0.2) is 0 Å². The standard InChI is InChI=1S/C21H25ClN2O4S/c1-2-6-20(16-7-4-3-5-8-16)23-21(25)18-15-17(9-10-19(18)22)29(26,27)24-11-13-28-14-12-24/h3-5,7-10,15,20H,2,6,11-14H2,1H3,(H,23,25). The lowest BCUT2D eigenvalue weighted by Crippen LogP contribution is -2.40. The first-order valence-corrected chi connectivity index (χ1v) is 11.5. The lowest BCUT2D eigenvalue weighted by Gasteiger charge is -2.26. The van der Waals surface area contributed by atoms with E-state index in [2.05, 4.69) is 5.32 Å². The Morgan fingerprint density at radius 2 is 1.86 bits per heavy atom. The van der Waals surface area contributed by atoms with Crippen LogP contribution in [0.25, 0.3) is 0 Å². The van der Waals surface area contributed by atoms with Crippen LogP contribution in [0.1, 0.15) is 41.7 Å². The second kappa shape index (κ2) is 9.71. The minimum absolute atomic E-state index is 0.0562. The molecule has 0 aromatic heterocycles. The summed E-state index contributed by atoms with van der Waals surface area (Å²) < 4.78 is 32.4. The molecular formula is C21H25ClN2O4S. The number of nitrogens with one attached hydrogen (secondary N) is 1. The van der Waals surface area contributed by atoms with Gasteiger partial charge < -0.3 is 10.1 Å². The largest absolute Gasteiger partial charge is 0.379 e. The Kier molecular flexibility index (Phi) is 7.29. The summed E-state index contributed by atoms with van der Waals surface area (Å²) in [6, 6.07) is 13.8. The summed E-state index contributed by atoms with van der Waals surface area (Å²) in [7, 11) is -3.71. The van der Waals surface area contributed by atoms with E-state index in [0.29, 0.717) is 26.3 Å². The third-order valence-electron chi connectivity index (χ3n) is 4.87. The molecule has 1 aliphatic heterocycles. The molecule has 1 fully saturated rings. The van der Waals surface area contributed by atoms with E-state index in [9.17, 15) is 13.2 Å².